The third-order valence-electron chi connectivity index (χ3n) is 4.44. The SMILES string of the molecule is Cc1cc(C=Nc2cccc3cccnc23)c(C)n1-c1ccccc1. The molecule has 25 heavy (non-hydrogen) atoms. The van der Waals surface area contributed by atoms with Gasteiger partial charge in [-0.25, -0.2) is 0 Å². The van der Waals surface area contributed by atoms with Gasteiger partial charge in [-0.3, -0.25) is 9.98 Å². The quantitative estimate of drug-likeness (QED) is 0.464. The standard InChI is InChI=1S/C22H19N3/c1-16-14-19(17(2)25(16)20-10-4-3-5-11-20)15-24-21-12-6-8-18-9-7-13-23-22(18)21/h3-15H,1-2H3. The van der Waals surface area contributed by atoms with Gasteiger partial charge in [-0.2, -0.15) is 0 Å². The molecule has 0 N–H and O–H groups in total. The number of hydrogen-bond donors (Lipinski definition) is 0. The summed E-state index contributed by atoms with van der Waals surface area (Å²) in [6, 6.07) is 22.7. The highest BCUT2D eigenvalue weighted by atomic mass is 15.0. The smallest absolute Gasteiger partial charge is 0.0958 e. The van der Waals surface area contributed by atoms with E-state index in [9.17, 15) is 0 Å². The molecule has 0 atom stereocenters. The first kappa shape index (κ1) is 15.3. The Morgan fingerprint density at radius 3 is 2.56 bits per heavy atom. The van der Waals surface area contributed by atoms with Gasteiger partial charge in [0.1, 0.15) is 0 Å². The van der Waals surface area contributed by atoms with Gasteiger partial charge >= 0.3 is 0 Å². The van der Waals surface area contributed by atoms with Crippen LogP contribution in [0.5, 0.6) is 0 Å². The lowest BCUT2D eigenvalue weighted by Crippen LogP contribution is -1.99. The van der Waals surface area contributed by atoms with Crippen LogP contribution in [0.25, 0.3) is 16.6 Å². The fourth-order valence-corrected chi connectivity index (χ4v) is 3.22. The zero-order valence-corrected chi connectivity index (χ0v) is 14.3. The highest BCUT2D eigenvalue weighted by Crippen LogP contribution is 2.24. The highest BCUT2D eigenvalue weighted by Gasteiger charge is 2.09. The summed E-state index contributed by atoms with van der Waals surface area (Å²) >= 11 is 0. The predicted molar refractivity (Wildman–Crippen MR) is 104 cm³/mol. The summed E-state index contributed by atoms with van der Waals surface area (Å²) in [6.45, 7) is 4.25. The summed E-state index contributed by atoms with van der Waals surface area (Å²) in [5.41, 5.74) is 6.49. The van der Waals surface area contributed by atoms with Gasteiger partial charge in [-0.05, 0) is 44.2 Å². The number of aliphatic imine (C=N–C) groups is 1. The molecule has 2 aromatic carbocycles. The van der Waals surface area contributed by atoms with Crippen molar-refractivity contribution in [2.45, 2.75) is 13.8 Å². The van der Waals surface area contributed by atoms with Crippen LogP contribution < -0.4 is 0 Å². The van der Waals surface area contributed by atoms with Crippen molar-refractivity contribution in [3.63, 3.8) is 0 Å². The normalized spacial score (nSPS) is 11.4. The number of hydrogen-bond acceptors (Lipinski definition) is 2. The van der Waals surface area contributed by atoms with Crippen molar-refractivity contribution in [1.82, 2.24) is 9.55 Å². The summed E-state index contributed by atoms with van der Waals surface area (Å²) in [7, 11) is 0. The highest BCUT2D eigenvalue weighted by molar-refractivity contribution is 5.92. The van der Waals surface area contributed by atoms with Crippen LogP contribution in [0.1, 0.15) is 17.0 Å². The van der Waals surface area contributed by atoms with E-state index in [1.165, 1.54) is 17.1 Å². The maximum absolute atomic E-state index is 4.71. The van der Waals surface area contributed by atoms with E-state index in [-0.39, 0.29) is 0 Å². The van der Waals surface area contributed by atoms with Crippen molar-refractivity contribution in [3.8, 4) is 5.69 Å². The van der Waals surface area contributed by atoms with Crippen molar-refractivity contribution in [3.05, 3.63) is 89.9 Å². The number of pyridine rings is 1. The Labute approximate surface area is 147 Å². The first-order valence-electron chi connectivity index (χ1n) is 8.36. The molecular formula is C22H19N3. The number of nitrogens with zero attached hydrogens (tertiary/aromatic N) is 3. The molecule has 3 nitrogen and oxygen atoms in total. The Balaban J connectivity index is 1.75. The maximum atomic E-state index is 4.71. The van der Waals surface area contributed by atoms with Crippen molar-refractivity contribution >= 4 is 22.8 Å². The second-order valence-electron chi connectivity index (χ2n) is 6.11. The monoisotopic (exact) mass is 325 g/mol. The van der Waals surface area contributed by atoms with Crippen LogP contribution in [0.15, 0.2) is 77.9 Å². The lowest BCUT2D eigenvalue weighted by Gasteiger charge is -2.09. The molecule has 0 saturated carbocycles. The molecule has 3 heteroatoms. The van der Waals surface area contributed by atoms with E-state index in [1.807, 2.05) is 36.7 Å². The van der Waals surface area contributed by atoms with Crippen LogP contribution in [0.3, 0.4) is 0 Å². The molecule has 122 valence electrons. The fraction of sp³-hybridized carbons (Fsp3) is 0.0909. The number of rotatable bonds is 3. The van der Waals surface area contributed by atoms with Crippen LogP contribution in [0.2, 0.25) is 0 Å². The molecule has 0 bridgehead atoms. The molecule has 2 heterocycles. The lowest BCUT2D eigenvalue weighted by molar-refractivity contribution is 0.965. The molecule has 2 aromatic heterocycles. The summed E-state index contributed by atoms with van der Waals surface area (Å²) in [5, 5.41) is 1.10. The Bertz CT molecular complexity index is 1050. The van der Waals surface area contributed by atoms with Gasteiger partial charge < -0.3 is 4.57 Å². The van der Waals surface area contributed by atoms with E-state index in [2.05, 4.69) is 65.9 Å². The van der Waals surface area contributed by atoms with Gasteiger partial charge in [0.15, 0.2) is 0 Å². The maximum Gasteiger partial charge on any atom is 0.0958 e. The molecule has 0 aliphatic carbocycles. The summed E-state index contributed by atoms with van der Waals surface area (Å²) in [6.07, 6.45) is 3.74. The first-order chi connectivity index (χ1) is 12.2. The molecule has 4 aromatic rings. The molecule has 0 fully saturated rings. The van der Waals surface area contributed by atoms with Gasteiger partial charge in [0, 0.05) is 40.4 Å². The minimum absolute atomic E-state index is 0.891. The Morgan fingerprint density at radius 1 is 0.920 bits per heavy atom. The first-order valence-corrected chi connectivity index (χ1v) is 8.36. The third-order valence-corrected chi connectivity index (χ3v) is 4.44. The van der Waals surface area contributed by atoms with Crippen molar-refractivity contribution in [2.75, 3.05) is 0 Å². The Hall–Kier alpha value is -3.20. The largest absolute Gasteiger partial charge is 0.318 e. The molecular weight excluding hydrogens is 306 g/mol. The summed E-state index contributed by atoms with van der Waals surface area (Å²) in [4.78, 5) is 9.18. The molecule has 0 amide bonds. The molecule has 0 aliphatic heterocycles. The zero-order chi connectivity index (χ0) is 17.2. The van der Waals surface area contributed by atoms with Crippen LogP contribution >= 0.6 is 0 Å². The number of para-hydroxylation sites is 2. The van der Waals surface area contributed by atoms with Gasteiger partial charge in [0.05, 0.1) is 11.2 Å². The minimum Gasteiger partial charge on any atom is -0.318 e. The van der Waals surface area contributed by atoms with Crippen molar-refractivity contribution in [2.24, 2.45) is 4.99 Å². The number of fused-ring (bicyclic) bond motifs is 1. The molecule has 0 aliphatic rings. The van der Waals surface area contributed by atoms with Crippen LogP contribution in [0.4, 0.5) is 5.69 Å². The lowest BCUT2D eigenvalue weighted by atomic mass is 10.2. The van der Waals surface area contributed by atoms with Gasteiger partial charge in [-0.15, -0.1) is 0 Å². The molecule has 0 spiro atoms. The second kappa shape index (κ2) is 6.36. The summed E-state index contributed by atoms with van der Waals surface area (Å²) < 4.78 is 2.25. The van der Waals surface area contributed by atoms with Crippen molar-refractivity contribution in [1.29, 1.82) is 0 Å². The topological polar surface area (TPSA) is 30.2 Å². The number of aromatic nitrogens is 2. The van der Waals surface area contributed by atoms with Crippen molar-refractivity contribution < 1.29 is 0 Å². The van der Waals surface area contributed by atoms with Gasteiger partial charge in [-0.1, -0.05) is 36.4 Å². The predicted octanol–water partition coefficient (Wildman–Crippen LogP) is 5.39. The third kappa shape index (κ3) is 2.85. The summed E-state index contributed by atoms with van der Waals surface area (Å²) in [5.74, 6) is 0. The van der Waals surface area contributed by atoms with Crippen LogP contribution in [0, 0.1) is 13.8 Å². The average molecular weight is 325 g/mol. The molecule has 0 radical (unpaired) electrons. The minimum atomic E-state index is 0.891. The number of aryl methyl sites for hydroxylation is 1. The molecule has 0 unspecified atom stereocenters. The van der Waals surface area contributed by atoms with Crippen LogP contribution in [-0.2, 0) is 0 Å². The zero-order valence-electron chi connectivity index (χ0n) is 14.3. The second-order valence-corrected chi connectivity index (χ2v) is 6.11. The van der Waals surface area contributed by atoms with Gasteiger partial charge in [0.2, 0.25) is 0 Å². The molecule has 0 saturated heterocycles. The van der Waals surface area contributed by atoms with E-state index in [0.29, 0.717) is 0 Å². The van der Waals surface area contributed by atoms with E-state index in [0.717, 1.165) is 22.2 Å². The Kier molecular flexibility index (Phi) is 3.90. The molecule has 4 rings (SSSR count). The van der Waals surface area contributed by atoms with Gasteiger partial charge in [0.25, 0.3) is 0 Å². The van der Waals surface area contributed by atoms with E-state index >= 15 is 0 Å². The fourth-order valence-electron chi connectivity index (χ4n) is 3.22. The Morgan fingerprint density at radius 2 is 1.72 bits per heavy atom. The van der Waals surface area contributed by atoms with E-state index < -0.39 is 0 Å². The average Bonchev–Trinajstić information content (AvgIpc) is 2.94. The van der Waals surface area contributed by atoms with Crippen LogP contribution in [-0.4, -0.2) is 15.8 Å². The number of benzene rings is 2. The van der Waals surface area contributed by atoms with E-state index in [1.54, 1.807) is 0 Å². The van der Waals surface area contributed by atoms with E-state index in [4.69, 9.17) is 4.99 Å².